The molecule has 2 aromatic heterocycles. The fourth-order valence-electron chi connectivity index (χ4n) is 2.38. The number of nitrogens with one attached hydrogen (secondary N) is 1. The number of hydrogen-bond donors (Lipinski definition) is 1. The van der Waals surface area contributed by atoms with E-state index >= 15 is 0 Å². The van der Waals surface area contributed by atoms with Gasteiger partial charge in [0.1, 0.15) is 5.82 Å². The van der Waals surface area contributed by atoms with Crippen molar-refractivity contribution in [3.63, 3.8) is 0 Å². The van der Waals surface area contributed by atoms with Crippen LogP contribution in [0.2, 0.25) is 0 Å². The average molecular weight is 375 g/mol. The molecule has 0 fully saturated rings. The molecule has 136 valence electrons. The SMILES string of the molecule is Cc1nn(C)c(C)c1NC(=O)[C@@H](C)Sc1nnc(-c2ccccc2F)o1. The van der Waals surface area contributed by atoms with E-state index in [-0.39, 0.29) is 22.6 Å². The summed E-state index contributed by atoms with van der Waals surface area (Å²) in [5.74, 6) is -0.571. The highest BCUT2D eigenvalue weighted by Crippen LogP contribution is 2.28. The van der Waals surface area contributed by atoms with Crippen LogP contribution in [0, 0.1) is 19.7 Å². The highest BCUT2D eigenvalue weighted by molar-refractivity contribution is 8.00. The van der Waals surface area contributed by atoms with E-state index in [0.717, 1.165) is 23.1 Å². The second-order valence-corrected chi connectivity index (χ2v) is 7.06. The summed E-state index contributed by atoms with van der Waals surface area (Å²) in [5, 5.41) is 14.6. The van der Waals surface area contributed by atoms with Crippen molar-refractivity contribution < 1.29 is 13.6 Å². The van der Waals surface area contributed by atoms with Gasteiger partial charge in [0.15, 0.2) is 0 Å². The van der Waals surface area contributed by atoms with Gasteiger partial charge in [-0.25, -0.2) is 4.39 Å². The van der Waals surface area contributed by atoms with Gasteiger partial charge >= 0.3 is 0 Å². The number of rotatable bonds is 5. The standard InChI is InChI=1S/C17H18FN5O2S/c1-9-14(10(2)23(4)22-9)19-15(24)11(3)26-17-21-20-16(25-17)12-7-5-6-8-13(12)18/h5-8,11H,1-4H3,(H,19,24)/t11-/m1/s1. The lowest BCUT2D eigenvalue weighted by molar-refractivity contribution is -0.115. The van der Waals surface area contributed by atoms with Crippen LogP contribution in [0.5, 0.6) is 0 Å². The lowest BCUT2D eigenvalue weighted by atomic mass is 10.2. The van der Waals surface area contributed by atoms with E-state index in [0.29, 0.717) is 5.69 Å². The zero-order valence-electron chi connectivity index (χ0n) is 14.8. The molecule has 0 bridgehead atoms. The molecule has 0 unspecified atom stereocenters. The molecular formula is C17H18FN5O2S. The molecule has 9 heteroatoms. The molecule has 3 rings (SSSR count). The summed E-state index contributed by atoms with van der Waals surface area (Å²) >= 11 is 1.11. The van der Waals surface area contributed by atoms with Gasteiger partial charge < -0.3 is 9.73 Å². The average Bonchev–Trinajstić information content (AvgIpc) is 3.15. The third-order valence-electron chi connectivity index (χ3n) is 3.91. The minimum atomic E-state index is -0.483. The van der Waals surface area contributed by atoms with Crippen LogP contribution < -0.4 is 5.32 Å². The molecule has 1 aromatic carbocycles. The maximum atomic E-state index is 13.8. The van der Waals surface area contributed by atoms with Gasteiger partial charge in [-0.15, -0.1) is 10.2 Å². The number of hydrogen-bond acceptors (Lipinski definition) is 6. The van der Waals surface area contributed by atoms with E-state index in [9.17, 15) is 9.18 Å². The summed E-state index contributed by atoms with van der Waals surface area (Å²) in [6.45, 7) is 5.44. The van der Waals surface area contributed by atoms with Crippen molar-refractivity contribution in [3.05, 3.63) is 41.5 Å². The van der Waals surface area contributed by atoms with Gasteiger partial charge in [0.2, 0.25) is 5.91 Å². The van der Waals surface area contributed by atoms with Crippen LogP contribution in [0.15, 0.2) is 33.9 Å². The molecule has 0 saturated carbocycles. The van der Waals surface area contributed by atoms with Crippen molar-refractivity contribution in [2.24, 2.45) is 7.05 Å². The third-order valence-corrected chi connectivity index (χ3v) is 4.85. The van der Waals surface area contributed by atoms with E-state index < -0.39 is 11.1 Å². The Labute approximate surface area is 154 Å². The maximum absolute atomic E-state index is 13.8. The van der Waals surface area contributed by atoms with E-state index in [1.54, 1.807) is 29.8 Å². The van der Waals surface area contributed by atoms with Crippen LogP contribution in [0.25, 0.3) is 11.5 Å². The lowest BCUT2D eigenvalue weighted by Crippen LogP contribution is -2.23. The molecule has 0 aliphatic carbocycles. The zero-order valence-corrected chi connectivity index (χ0v) is 15.6. The zero-order chi connectivity index (χ0) is 18.8. The van der Waals surface area contributed by atoms with Crippen molar-refractivity contribution in [2.75, 3.05) is 5.32 Å². The number of halogens is 1. The number of aromatic nitrogens is 4. The fraction of sp³-hybridized carbons (Fsp3) is 0.294. The van der Waals surface area contributed by atoms with Crippen LogP contribution in [0.4, 0.5) is 10.1 Å². The number of carbonyl (C=O) groups excluding carboxylic acids is 1. The largest absolute Gasteiger partial charge is 0.411 e. The Morgan fingerprint density at radius 1 is 1.31 bits per heavy atom. The van der Waals surface area contributed by atoms with Crippen molar-refractivity contribution >= 4 is 23.4 Å². The van der Waals surface area contributed by atoms with Crippen molar-refractivity contribution in [3.8, 4) is 11.5 Å². The number of amides is 1. The Balaban J connectivity index is 1.69. The van der Waals surface area contributed by atoms with E-state index in [1.807, 2.05) is 20.9 Å². The summed E-state index contributed by atoms with van der Waals surface area (Å²) in [7, 11) is 1.82. The van der Waals surface area contributed by atoms with E-state index in [1.165, 1.54) is 6.07 Å². The Morgan fingerprint density at radius 2 is 2.04 bits per heavy atom. The third kappa shape index (κ3) is 3.62. The van der Waals surface area contributed by atoms with Crippen LogP contribution >= 0.6 is 11.8 Å². The molecule has 2 heterocycles. The number of thioether (sulfide) groups is 1. The highest BCUT2D eigenvalue weighted by Gasteiger charge is 2.21. The van der Waals surface area contributed by atoms with Crippen molar-refractivity contribution in [1.82, 2.24) is 20.0 Å². The Morgan fingerprint density at radius 3 is 2.69 bits per heavy atom. The Kier molecular flexibility index (Phi) is 5.08. The second kappa shape index (κ2) is 7.28. The van der Waals surface area contributed by atoms with Crippen molar-refractivity contribution in [1.29, 1.82) is 0 Å². The number of aryl methyl sites for hydroxylation is 2. The summed E-state index contributed by atoms with van der Waals surface area (Å²) < 4.78 is 21.0. The first-order valence-electron chi connectivity index (χ1n) is 7.93. The summed E-state index contributed by atoms with van der Waals surface area (Å²) in [5.41, 5.74) is 2.54. The normalized spacial score (nSPS) is 12.2. The molecule has 0 aliphatic heterocycles. The molecule has 1 N–H and O–H groups in total. The number of anilines is 1. The van der Waals surface area contributed by atoms with Gasteiger partial charge in [0, 0.05) is 7.05 Å². The molecule has 26 heavy (non-hydrogen) atoms. The summed E-state index contributed by atoms with van der Waals surface area (Å²) in [6.07, 6.45) is 0. The van der Waals surface area contributed by atoms with Gasteiger partial charge in [-0.05, 0) is 32.9 Å². The molecule has 7 nitrogen and oxygen atoms in total. The first-order valence-corrected chi connectivity index (χ1v) is 8.81. The van der Waals surface area contributed by atoms with E-state index in [4.69, 9.17) is 4.42 Å². The lowest BCUT2D eigenvalue weighted by Gasteiger charge is -2.10. The fourth-order valence-corrected chi connectivity index (χ4v) is 3.07. The molecule has 0 radical (unpaired) electrons. The molecule has 0 aliphatic rings. The smallest absolute Gasteiger partial charge is 0.277 e. The van der Waals surface area contributed by atoms with Gasteiger partial charge in [0.05, 0.1) is 27.9 Å². The van der Waals surface area contributed by atoms with Gasteiger partial charge in [-0.3, -0.25) is 9.48 Å². The minimum absolute atomic E-state index is 0.0807. The molecule has 0 spiro atoms. The molecule has 1 atom stereocenters. The predicted octanol–water partition coefficient (Wildman–Crippen LogP) is 3.35. The highest BCUT2D eigenvalue weighted by atomic mass is 32.2. The predicted molar refractivity (Wildman–Crippen MR) is 96.3 cm³/mol. The first kappa shape index (κ1) is 18.1. The second-order valence-electron chi connectivity index (χ2n) is 5.77. The number of carbonyl (C=O) groups is 1. The maximum Gasteiger partial charge on any atom is 0.277 e. The van der Waals surface area contributed by atoms with Gasteiger partial charge in [-0.1, -0.05) is 23.9 Å². The van der Waals surface area contributed by atoms with Gasteiger partial charge in [0.25, 0.3) is 11.1 Å². The Bertz CT molecular complexity index is 953. The molecular weight excluding hydrogens is 357 g/mol. The van der Waals surface area contributed by atoms with Crippen LogP contribution in [-0.4, -0.2) is 31.1 Å². The van der Waals surface area contributed by atoms with Crippen molar-refractivity contribution in [2.45, 2.75) is 31.2 Å². The van der Waals surface area contributed by atoms with Crippen LogP contribution in [0.1, 0.15) is 18.3 Å². The number of nitrogens with zero attached hydrogens (tertiary/aromatic N) is 4. The van der Waals surface area contributed by atoms with Gasteiger partial charge in [-0.2, -0.15) is 5.10 Å². The Hall–Kier alpha value is -2.68. The topological polar surface area (TPSA) is 85.8 Å². The quantitative estimate of drug-likeness (QED) is 0.689. The first-order chi connectivity index (χ1) is 12.4. The number of benzene rings is 1. The molecule has 3 aromatic rings. The van der Waals surface area contributed by atoms with Crippen LogP contribution in [-0.2, 0) is 11.8 Å². The minimum Gasteiger partial charge on any atom is -0.411 e. The molecule has 1 amide bonds. The summed E-state index contributed by atoms with van der Waals surface area (Å²) in [6, 6.07) is 6.14. The monoisotopic (exact) mass is 375 g/mol. The molecule has 0 saturated heterocycles. The van der Waals surface area contributed by atoms with Crippen LogP contribution in [0.3, 0.4) is 0 Å². The van der Waals surface area contributed by atoms with E-state index in [2.05, 4.69) is 20.6 Å². The summed E-state index contributed by atoms with van der Waals surface area (Å²) in [4.78, 5) is 12.4.